The van der Waals surface area contributed by atoms with E-state index in [2.05, 4.69) is 14.7 Å². The van der Waals surface area contributed by atoms with E-state index in [-0.39, 0.29) is 12.4 Å². The van der Waals surface area contributed by atoms with Gasteiger partial charge in [0.1, 0.15) is 0 Å². The Labute approximate surface area is 99.2 Å². The van der Waals surface area contributed by atoms with Crippen LogP contribution in [0.4, 0.5) is 13.2 Å². The molecular weight excluding hydrogens is 251 g/mol. The van der Waals surface area contributed by atoms with Crippen LogP contribution in [0.3, 0.4) is 0 Å². The Kier molecular flexibility index (Phi) is 3.30. The SMILES string of the molecule is ONCc1ccc(-c2noc(C(F)(F)F)n2)cc1. The summed E-state index contributed by atoms with van der Waals surface area (Å²) in [6.07, 6.45) is -4.65. The summed E-state index contributed by atoms with van der Waals surface area (Å²) in [5.74, 6) is -1.51. The lowest BCUT2D eigenvalue weighted by atomic mass is 10.1. The largest absolute Gasteiger partial charge is 0.471 e. The van der Waals surface area contributed by atoms with Crippen molar-refractivity contribution in [3.8, 4) is 11.4 Å². The van der Waals surface area contributed by atoms with Crippen LogP contribution in [0.5, 0.6) is 0 Å². The maximum Gasteiger partial charge on any atom is 0.471 e. The number of hydrogen-bond donors (Lipinski definition) is 2. The van der Waals surface area contributed by atoms with Gasteiger partial charge in [0.25, 0.3) is 0 Å². The van der Waals surface area contributed by atoms with Gasteiger partial charge in [-0.1, -0.05) is 29.4 Å². The fraction of sp³-hybridized carbons (Fsp3) is 0.200. The van der Waals surface area contributed by atoms with Gasteiger partial charge in [-0.3, -0.25) is 0 Å². The first kappa shape index (κ1) is 12.5. The summed E-state index contributed by atoms with van der Waals surface area (Å²) in [5, 5.41) is 11.7. The minimum atomic E-state index is -4.65. The average molecular weight is 259 g/mol. The number of rotatable bonds is 3. The molecule has 96 valence electrons. The van der Waals surface area contributed by atoms with Crippen molar-refractivity contribution in [3.63, 3.8) is 0 Å². The first-order valence-electron chi connectivity index (χ1n) is 4.88. The molecule has 0 amide bonds. The molecule has 0 unspecified atom stereocenters. The van der Waals surface area contributed by atoms with Crippen LogP contribution in [-0.4, -0.2) is 15.3 Å². The van der Waals surface area contributed by atoms with Crippen molar-refractivity contribution in [1.82, 2.24) is 15.6 Å². The molecule has 0 aliphatic rings. The van der Waals surface area contributed by atoms with Crippen molar-refractivity contribution in [1.29, 1.82) is 0 Å². The number of hydroxylamine groups is 1. The standard InChI is InChI=1S/C10H8F3N3O2/c11-10(12,13)9-15-8(16-18-9)7-3-1-6(2-4-7)5-14-17/h1-4,14,17H,5H2. The molecule has 0 saturated carbocycles. The molecule has 0 fully saturated rings. The van der Waals surface area contributed by atoms with Gasteiger partial charge in [0.2, 0.25) is 5.82 Å². The molecule has 1 aromatic heterocycles. The van der Waals surface area contributed by atoms with E-state index in [0.717, 1.165) is 5.56 Å². The van der Waals surface area contributed by atoms with Crippen molar-refractivity contribution in [2.75, 3.05) is 0 Å². The zero-order valence-electron chi connectivity index (χ0n) is 8.90. The van der Waals surface area contributed by atoms with E-state index >= 15 is 0 Å². The fourth-order valence-corrected chi connectivity index (χ4v) is 1.32. The summed E-state index contributed by atoms with van der Waals surface area (Å²) in [6, 6.07) is 6.33. The predicted octanol–water partition coefficient (Wildman–Crippen LogP) is 2.23. The number of nitrogens with one attached hydrogen (secondary N) is 1. The van der Waals surface area contributed by atoms with Crippen molar-refractivity contribution < 1.29 is 22.9 Å². The number of benzene rings is 1. The second kappa shape index (κ2) is 4.75. The van der Waals surface area contributed by atoms with Gasteiger partial charge in [0, 0.05) is 12.1 Å². The molecule has 2 N–H and O–H groups in total. The first-order chi connectivity index (χ1) is 8.50. The molecule has 0 aliphatic carbocycles. The van der Waals surface area contributed by atoms with Crippen molar-refractivity contribution >= 4 is 0 Å². The van der Waals surface area contributed by atoms with Crippen LogP contribution in [-0.2, 0) is 12.7 Å². The predicted molar refractivity (Wildman–Crippen MR) is 53.4 cm³/mol. The monoisotopic (exact) mass is 259 g/mol. The normalized spacial score (nSPS) is 11.8. The van der Waals surface area contributed by atoms with Gasteiger partial charge >= 0.3 is 12.1 Å². The zero-order valence-corrected chi connectivity index (χ0v) is 8.90. The Balaban J connectivity index is 2.23. The van der Waals surface area contributed by atoms with Gasteiger partial charge < -0.3 is 9.73 Å². The highest BCUT2D eigenvalue weighted by Crippen LogP contribution is 2.29. The summed E-state index contributed by atoms with van der Waals surface area (Å²) in [4.78, 5) is 3.26. The van der Waals surface area contributed by atoms with Crippen molar-refractivity contribution in [2.45, 2.75) is 12.7 Å². The zero-order chi connectivity index (χ0) is 13.2. The Hall–Kier alpha value is -1.93. The van der Waals surface area contributed by atoms with Crippen LogP contribution >= 0.6 is 0 Å². The second-order valence-corrected chi connectivity index (χ2v) is 3.45. The van der Waals surface area contributed by atoms with Crippen LogP contribution < -0.4 is 5.48 Å². The maximum absolute atomic E-state index is 12.2. The molecule has 0 spiro atoms. The molecule has 1 heterocycles. The van der Waals surface area contributed by atoms with Gasteiger partial charge in [-0.25, -0.2) is 5.48 Å². The van der Waals surface area contributed by atoms with Crippen LogP contribution in [0.25, 0.3) is 11.4 Å². The lowest BCUT2D eigenvalue weighted by molar-refractivity contribution is -0.159. The van der Waals surface area contributed by atoms with E-state index in [1.807, 2.05) is 5.48 Å². The Morgan fingerprint density at radius 3 is 2.39 bits per heavy atom. The van der Waals surface area contributed by atoms with Gasteiger partial charge in [0.05, 0.1) is 0 Å². The molecule has 2 aromatic rings. The number of halogens is 3. The van der Waals surface area contributed by atoms with E-state index in [1.54, 1.807) is 12.1 Å². The van der Waals surface area contributed by atoms with Gasteiger partial charge in [-0.2, -0.15) is 18.2 Å². The molecule has 0 aliphatic heterocycles. The van der Waals surface area contributed by atoms with Crippen LogP contribution in [0.1, 0.15) is 11.5 Å². The number of aromatic nitrogens is 2. The molecule has 0 atom stereocenters. The van der Waals surface area contributed by atoms with Crippen molar-refractivity contribution in [3.05, 3.63) is 35.7 Å². The molecule has 1 aromatic carbocycles. The third kappa shape index (κ3) is 2.66. The highest BCUT2D eigenvalue weighted by atomic mass is 19.4. The lowest BCUT2D eigenvalue weighted by Crippen LogP contribution is -2.05. The summed E-state index contributed by atoms with van der Waals surface area (Å²) in [7, 11) is 0. The third-order valence-electron chi connectivity index (χ3n) is 2.16. The molecule has 8 heteroatoms. The van der Waals surface area contributed by atoms with Gasteiger partial charge in [0.15, 0.2) is 0 Å². The van der Waals surface area contributed by atoms with Crippen LogP contribution in [0, 0.1) is 0 Å². The summed E-state index contributed by atoms with van der Waals surface area (Å²) in [5.41, 5.74) is 3.13. The quantitative estimate of drug-likeness (QED) is 0.827. The molecule has 0 radical (unpaired) electrons. The lowest BCUT2D eigenvalue weighted by Gasteiger charge is -1.99. The van der Waals surface area contributed by atoms with Gasteiger partial charge in [-0.05, 0) is 5.56 Å². The number of hydrogen-bond acceptors (Lipinski definition) is 5. The molecule has 0 bridgehead atoms. The van der Waals surface area contributed by atoms with Crippen LogP contribution in [0.2, 0.25) is 0 Å². The molecule has 18 heavy (non-hydrogen) atoms. The van der Waals surface area contributed by atoms with Crippen molar-refractivity contribution in [2.24, 2.45) is 0 Å². The van der Waals surface area contributed by atoms with E-state index in [0.29, 0.717) is 5.56 Å². The fourth-order valence-electron chi connectivity index (χ4n) is 1.32. The maximum atomic E-state index is 12.2. The molecule has 2 rings (SSSR count). The van der Waals surface area contributed by atoms with Gasteiger partial charge in [-0.15, -0.1) is 0 Å². The Bertz CT molecular complexity index is 522. The second-order valence-electron chi connectivity index (χ2n) is 3.45. The summed E-state index contributed by atoms with van der Waals surface area (Å²) >= 11 is 0. The number of nitrogens with zero attached hydrogens (tertiary/aromatic N) is 2. The van der Waals surface area contributed by atoms with E-state index in [4.69, 9.17) is 5.21 Å². The molecular formula is C10H8F3N3O2. The third-order valence-corrected chi connectivity index (χ3v) is 2.16. The smallest absolute Gasteiger partial charge is 0.329 e. The topological polar surface area (TPSA) is 71.2 Å². The first-order valence-corrected chi connectivity index (χ1v) is 4.88. The minimum Gasteiger partial charge on any atom is -0.329 e. The summed E-state index contributed by atoms with van der Waals surface area (Å²) in [6.45, 7) is 0.236. The average Bonchev–Trinajstić information content (AvgIpc) is 2.79. The highest BCUT2D eigenvalue weighted by Gasteiger charge is 2.38. The van der Waals surface area contributed by atoms with E-state index in [1.165, 1.54) is 12.1 Å². The molecule has 0 saturated heterocycles. The Morgan fingerprint density at radius 2 is 1.89 bits per heavy atom. The van der Waals surface area contributed by atoms with Crippen LogP contribution in [0.15, 0.2) is 28.8 Å². The Morgan fingerprint density at radius 1 is 1.22 bits per heavy atom. The minimum absolute atomic E-state index is 0.133. The van der Waals surface area contributed by atoms with E-state index in [9.17, 15) is 13.2 Å². The number of alkyl halides is 3. The highest BCUT2D eigenvalue weighted by molar-refractivity contribution is 5.54. The van der Waals surface area contributed by atoms with E-state index < -0.39 is 12.1 Å². The molecule has 5 nitrogen and oxygen atoms in total. The summed E-state index contributed by atoms with van der Waals surface area (Å²) < 4.78 is 40.9.